The average Bonchev–Trinajstić information content (AvgIpc) is 3.24. The molecule has 176 valence electrons. The van der Waals surface area contributed by atoms with Crippen molar-refractivity contribution in [1.29, 1.82) is 0 Å². The number of carbonyl (C=O) groups is 1. The number of nitrogens with one attached hydrogen (secondary N) is 3. The Morgan fingerprint density at radius 1 is 1.09 bits per heavy atom. The Bertz CT molecular complexity index is 1060. The van der Waals surface area contributed by atoms with Gasteiger partial charge in [-0.3, -0.25) is 9.88 Å². The molecule has 9 nitrogen and oxygen atoms in total. The van der Waals surface area contributed by atoms with Gasteiger partial charge in [0.25, 0.3) is 0 Å². The number of carbonyl (C=O) groups excluding carboxylic acids is 1. The maximum atomic E-state index is 12.7. The number of hydrogen-bond acceptors (Lipinski definition) is 6. The molecule has 0 radical (unpaired) electrons. The molecule has 2 amide bonds. The van der Waals surface area contributed by atoms with Crippen LogP contribution in [0, 0.1) is 0 Å². The summed E-state index contributed by atoms with van der Waals surface area (Å²) >= 11 is 0. The number of benzene rings is 1. The zero-order chi connectivity index (χ0) is 22.8. The highest BCUT2D eigenvalue weighted by Crippen LogP contribution is 2.26. The Labute approximate surface area is 193 Å². The Balaban J connectivity index is 1.24. The molecule has 5 N–H and O–H groups in total. The molecule has 0 spiro atoms. The van der Waals surface area contributed by atoms with Crippen molar-refractivity contribution in [2.24, 2.45) is 5.73 Å². The molecule has 1 saturated carbocycles. The highest BCUT2D eigenvalue weighted by Gasteiger charge is 2.26. The van der Waals surface area contributed by atoms with E-state index in [2.05, 4.69) is 33.1 Å². The molecule has 0 bridgehead atoms. The number of nitrogens with two attached hydrogens (primary N) is 1. The molecular weight excluding hydrogens is 418 g/mol. The first-order valence-corrected chi connectivity index (χ1v) is 12.1. The Kier molecular flexibility index (Phi) is 6.43. The van der Waals surface area contributed by atoms with Crippen LogP contribution in [-0.2, 0) is 12.8 Å². The van der Waals surface area contributed by atoms with Gasteiger partial charge in [-0.05, 0) is 67.9 Å². The van der Waals surface area contributed by atoms with Gasteiger partial charge in [0.15, 0.2) is 0 Å². The van der Waals surface area contributed by atoms with Gasteiger partial charge in [-0.25, -0.2) is 9.59 Å². The van der Waals surface area contributed by atoms with Crippen molar-refractivity contribution in [3.05, 3.63) is 52.1 Å². The number of aromatic nitrogens is 2. The zero-order valence-corrected chi connectivity index (χ0v) is 18.9. The lowest BCUT2D eigenvalue weighted by Crippen LogP contribution is -2.48. The maximum Gasteiger partial charge on any atom is 0.354 e. The van der Waals surface area contributed by atoms with Gasteiger partial charge in [-0.2, -0.15) is 4.98 Å². The third-order valence-corrected chi connectivity index (χ3v) is 7.08. The Morgan fingerprint density at radius 3 is 2.70 bits per heavy atom. The van der Waals surface area contributed by atoms with E-state index in [-0.39, 0.29) is 11.8 Å². The molecule has 2 aliphatic carbocycles. The number of anilines is 1. The summed E-state index contributed by atoms with van der Waals surface area (Å²) in [5.41, 5.74) is 9.09. The predicted octanol–water partition coefficient (Wildman–Crippen LogP) is 0.996. The zero-order valence-electron chi connectivity index (χ0n) is 18.9. The standard InChI is InChI=1S/C24H33N7O2/c25-18-3-5-20(15-18)27-19-4-1-17-14-21(6-2-16(17)13-19)31-10-7-22(29-24(31)33)28-23(32)30-11-8-26-9-12-30/h2,6-7,10,14,18-20,26-27H,1,3-5,8-9,11-13,15,25H2,(H,28,29,32,33)/t18-,19?,20?/m1/s1. The van der Waals surface area contributed by atoms with Crippen LogP contribution in [0.15, 0.2) is 35.3 Å². The molecule has 5 rings (SSSR count). The van der Waals surface area contributed by atoms with Crippen LogP contribution in [-0.4, -0.2) is 64.8 Å². The van der Waals surface area contributed by atoms with Crippen molar-refractivity contribution < 1.29 is 4.79 Å². The average molecular weight is 452 g/mol. The van der Waals surface area contributed by atoms with Crippen molar-refractivity contribution >= 4 is 11.8 Å². The smallest absolute Gasteiger partial charge is 0.328 e. The van der Waals surface area contributed by atoms with E-state index >= 15 is 0 Å². The number of piperazine rings is 1. The van der Waals surface area contributed by atoms with Gasteiger partial charge in [-0.15, -0.1) is 0 Å². The van der Waals surface area contributed by atoms with Gasteiger partial charge < -0.3 is 21.3 Å². The molecule has 3 atom stereocenters. The highest BCUT2D eigenvalue weighted by atomic mass is 16.2. The molecule has 1 saturated heterocycles. The lowest BCUT2D eigenvalue weighted by Gasteiger charge is -2.29. The first-order valence-electron chi connectivity index (χ1n) is 12.1. The Hall–Kier alpha value is -2.75. The van der Waals surface area contributed by atoms with Crippen molar-refractivity contribution in [3.63, 3.8) is 0 Å². The second-order valence-corrected chi connectivity index (χ2v) is 9.46. The van der Waals surface area contributed by atoms with Gasteiger partial charge in [0.1, 0.15) is 5.82 Å². The first-order chi connectivity index (χ1) is 16.0. The predicted molar refractivity (Wildman–Crippen MR) is 128 cm³/mol. The molecule has 3 aliphatic rings. The second kappa shape index (κ2) is 9.62. The number of nitrogens with zero attached hydrogens (tertiary/aromatic N) is 3. The van der Waals surface area contributed by atoms with E-state index < -0.39 is 5.69 Å². The topological polar surface area (TPSA) is 117 Å². The number of urea groups is 1. The van der Waals surface area contributed by atoms with Crippen LogP contribution < -0.4 is 27.4 Å². The molecule has 33 heavy (non-hydrogen) atoms. The number of rotatable bonds is 4. The molecule has 1 aromatic heterocycles. The lowest BCUT2D eigenvalue weighted by molar-refractivity contribution is 0.204. The summed E-state index contributed by atoms with van der Waals surface area (Å²) in [5, 5.41) is 9.75. The SMILES string of the molecule is N[C@@H]1CCC(NC2CCc3cc(-n4ccc(NC(=O)N5CCNCC5)nc4=O)ccc3C2)C1. The Morgan fingerprint density at radius 2 is 1.94 bits per heavy atom. The largest absolute Gasteiger partial charge is 0.354 e. The van der Waals surface area contributed by atoms with E-state index in [1.807, 2.05) is 6.07 Å². The second-order valence-electron chi connectivity index (χ2n) is 9.46. The number of aryl methyl sites for hydroxylation is 1. The van der Waals surface area contributed by atoms with Crippen molar-refractivity contribution in [2.45, 2.75) is 56.7 Å². The van der Waals surface area contributed by atoms with Gasteiger partial charge in [0.05, 0.1) is 5.69 Å². The van der Waals surface area contributed by atoms with E-state index in [4.69, 9.17) is 5.73 Å². The van der Waals surface area contributed by atoms with E-state index in [9.17, 15) is 9.59 Å². The van der Waals surface area contributed by atoms with E-state index in [1.54, 1.807) is 17.2 Å². The molecule has 1 aromatic carbocycles. The summed E-state index contributed by atoms with van der Waals surface area (Å²) in [4.78, 5) is 30.9. The van der Waals surface area contributed by atoms with Gasteiger partial charge in [0, 0.05) is 50.5 Å². The van der Waals surface area contributed by atoms with Crippen molar-refractivity contribution in [3.8, 4) is 5.69 Å². The minimum Gasteiger partial charge on any atom is -0.328 e. The van der Waals surface area contributed by atoms with E-state index in [0.717, 1.165) is 50.9 Å². The van der Waals surface area contributed by atoms with E-state index in [1.165, 1.54) is 22.1 Å². The van der Waals surface area contributed by atoms with Crippen LogP contribution in [0.25, 0.3) is 5.69 Å². The minimum absolute atomic E-state index is 0.224. The number of fused-ring (bicyclic) bond motifs is 1. The van der Waals surface area contributed by atoms with Crippen LogP contribution >= 0.6 is 0 Å². The van der Waals surface area contributed by atoms with Gasteiger partial charge in [0.2, 0.25) is 0 Å². The quantitative estimate of drug-likeness (QED) is 0.551. The van der Waals surface area contributed by atoms with Crippen LogP contribution in [0.5, 0.6) is 0 Å². The molecular formula is C24H33N7O2. The first kappa shape index (κ1) is 22.1. The van der Waals surface area contributed by atoms with Gasteiger partial charge >= 0.3 is 11.7 Å². The minimum atomic E-state index is -0.402. The molecule has 9 heteroatoms. The fourth-order valence-electron chi connectivity index (χ4n) is 5.26. The fourth-order valence-corrected chi connectivity index (χ4v) is 5.26. The third kappa shape index (κ3) is 5.10. The summed E-state index contributed by atoms with van der Waals surface area (Å²) in [5.74, 6) is 0.276. The summed E-state index contributed by atoms with van der Waals surface area (Å²) in [6.45, 7) is 2.82. The highest BCUT2D eigenvalue weighted by molar-refractivity contribution is 5.88. The van der Waals surface area contributed by atoms with Crippen LogP contribution in [0.4, 0.5) is 10.6 Å². The van der Waals surface area contributed by atoms with Crippen LogP contribution in [0.2, 0.25) is 0 Å². The summed E-state index contributed by atoms with van der Waals surface area (Å²) < 4.78 is 1.53. The van der Waals surface area contributed by atoms with Crippen molar-refractivity contribution in [1.82, 2.24) is 25.1 Å². The van der Waals surface area contributed by atoms with Crippen LogP contribution in [0.1, 0.15) is 36.8 Å². The van der Waals surface area contributed by atoms with E-state index in [0.29, 0.717) is 31.2 Å². The summed E-state index contributed by atoms with van der Waals surface area (Å²) in [6.07, 6.45) is 8.12. The summed E-state index contributed by atoms with van der Waals surface area (Å²) in [7, 11) is 0. The molecule has 2 unspecified atom stereocenters. The third-order valence-electron chi connectivity index (χ3n) is 7.08. The molecule has 1 aliphatic heterocycles. The van der Waals surface area contributed by atoms with Crippen molar-refractivity contribution in [2.75, 3.05) is 31.5 Å². The van der Waals surface area contributed by atoms with Gasteiger partial charge in [-0.1, -0.05) is 6.07 Å². The molecule has 2 heterocycles. The lowest BCUT2D eigenvalue weighted by atomic mass is 9.87. The maximum absolute atomic E-state index is 12.7. The van der Waals surface area contributed by atoms with Crippen LogP contribution in [0.3, 0.4) is 0 Å². The monoisotopic (exact) mass is 451 g/mol. The normalized spacial score (nSPS) is 25.0. The molecule has 2 aromatic rings. The number of hydrogen-bond donors (Lipinski definition) is 4. The fraction of sp³-hybridized carbons (Fsp3) is 0.542. The summed E-state index contributed by atoms with van der Waals surface area (Å²) in [6, 6.07) is 9.03. The number of amides is 2. The molecule has 2 fully saturated rings.